The van der Waals surface area contributed by atoms with Crippen LogP contribution in [-0.4, -0.2) is 22.0 Å². The van der Waals surface area contributed by atoms with Crippen LogP contribution in [0.3, 0.4) is 0 Å². The molecule has 0 saturated heterocycles. The van der Waals surface area contributed by atoms with Crippen LogP contribution in [0, 0.1) is 5.82 Å². The molecule has 0 spiro atoms. The monoisotopic (exact) mass is 398 g/mol. The first-order valence-corrected chi connectivity index (χ1v) is 9.56. The first-order chi connectivity index (χ1) is 13.5. The van der Waals surface area contributed by atoms with E-state index in [1.807, 2.05) is 37.3 Å². The van der Waals surface area contributed by atoms with Gasteiger partial charge in [-0.3, -0.25) is 9.59 Å². The van der Waals surface area contributed by atoms with Crippen LogP contribution in [0.15, 0.2) is 54.6 Å². The minimum Gasteiger partial charge on any atom is -0.350 e. The number of rotatable bonds is 7. The van der Waals surface area contributed by atoms with Crippen LogP contribution in [0.4, 0.5) is 10.1 Å². The lowest BCUT2D eigenvalue weighted by molar-refractivity contribution is -0.121. The Kier molecular flexibility index (Phi) is 6.44. The maximum atomic E-state index is 12.9. The SMILES string of the molecule is CC(NC(=O)CCc1nnc(C(=O)Nc2ccc(F)cc2)s1)c1ccccc1. The van der Waals surface area contributed by atoms with Gasteiger partial charge in [-0.2, -0.15) is 0 Å². The average Bonchev–Trinajstić information content (AvgIpc) is 3.18. The molecular formula is C20H19FN4O2S. The van der Waals surface area contributed by atoms with Gasteiger partial charge in [-0.1, -0.05) is 41.7 Å². The van der Waals surface area contributed by atoms with Crippen molar-refractivity contribution >= 4 is 28.8 Å². The summed E-state index contributed by atoms with van der Waals surface area (Å²) in [6, 6.07) is 15.1. The van der Waals surface area contributed by atoms with Gasteiger partial charge in [0.15, 0.2) is 0 Å². The Morgan fingerprint density at radius 2 is 1.79 bits per heavy atom. The first kappa shape index (κ1) is 19.6. The number of aromatic nitrogens is 2. The Morgan fingerprint density at radius 1 is 1.07 bits per heavy atom. The number of amides is 2. The van der Waals surface area contributed by atoms with Crippen molar-refractivity contribution in [2.75, 3.05) is 5.32 Å². The number of hydrogen-bond acceptors (Lipinski definition) is 5. The summed E-state index contributed by atoms with van der Waals surface area (Å²) in [5, 5.41) is 14.2. The molecule has 0 saturated carbocycles. The van der Waals surface area contributed by atoms with Crippen molar-refractivity contribution in [2.24, 2.45) is 0 Å². The van der Waals surface area contributed by atoms with E-state index < -0.39 is 5.91 Å². The number of aryl methyl sites for hydroxylation is 1. The minimum absolute atomic E-state index is 0.0832. The number of carbonyl (C=O) groups excluding carboxylic acids is 2. The number of benzene rings is 2. The van der Waals surface area contributed by atoms with E-state index in [4.69, 9.17) is 0 Å². The zero-order valence-corrected chi connectivity index (χ0v) is 16.0. The van der Waals surface area contributed by atoms with E-state index in [1.54, 1.807) is 0 Å². The Hall–Kier alpha value is -3.13. The summed E-state index contributed by atoms with van der Waals surface area (Å²) in [5.74, 6) is -0.891. The highest BCUT2D eigenvalue weighted by Gasteiger charge is 2.15. The van der Waals surface area contributed by atoms with Crippen molar-refractivity contribution in [1.82, 2.24) is 15.5 Å². The van der Waals surface area contributed by atoms with E-state index in [-0.39, 0.29) is 29.2 Å². The molecule has 0 aliphatic rings. The molecule has 0 radical (unpaired) electrons. The number of nitrogens with zero attached hydrogens (tertiary/aromatic N) is 2. The van der Waals surface area contributed by atoms with Crippen LogP contribution >= 0.6 is 11.3 Å². The molecule has 1 aromatic heterocycles. The highest BCUT2D eigenvalue weighted by molar-refractivity contribution is 7.13. The van der Waals surface area contributed by atoms with Gasteiger partial charge in [0.25, 0.3) is 5.91 Å². The van der Waals surface area contributed by atoms with Gasteiger partial charge in [-0.05, 0) is 36.8 Å². The maximum absolute atomic E-state index is 12.9. The molecule has 28 heavy (non-hydrogen) atoms. The largest absolute Gasteiger partial charge is 0.350 e. The van der Waals surface area contributed by atoms with Crippen molar-refractivity contribution in [1.29, 1.82) is 0 Å². The molecule has 0 bridgehead atoms. The Morgan fingerprint density at radius 3 is 2.50 bits per heavy atom. The zero-order chi connectivity index (χ0) is 19.9. The molecular weight excluding hydrogens is 379 g/mol. The third-order valence-corrected chi connectivity index (χ3v) is 4.99. The van der Waals surface area contributed by atoms with E-state index in [1.165, 1.54) is 24.3 Å². The van der Waals surface area contributed by atoms with E-state index in [0.717, 1.165) is 16.9 Å². The lowest BCUT2D eigenvalue weighted by Crippen LogP contribution is -2.26. The molecule has 0 aliphatic carbocycles. The van der Waals surface area contributed by atoms with Crippen LogP contribution in [0.5, 0.6) is 0 Å². The van der Waals surface area contributed by atoms with E-state index in [0.29, 0.717) is 17.1 Å². The smallest absolute Gasteiger partial charge is 0.286 e. The molecule has 3 aromatic rings. The second kappa shape index (κ2) is 9.18. The second-order valence-corrected chi connectivity index (χ2v) is 7.22. The predicted molar refractivity (Wildman–Crippen MR) is 106 cm³/mol. The second-order valence-electron chi connectivity index (χ2n) is 6.16. The van der Waals surface area contributed by atoms with Gasteiger partial charge in [-0.25, -0.2) is 4.39 Å². The summed E-state index contributed by atoms with van der Waals surface area (Å²) in [4.78, 5) is 24.3. The van der Waals surface area contributed by atoms with Crippen LogP contribution < -0.4 is 10.6 Å². The summed E-state index contributed by atoms with van der Waals surface area (Å²) >= 11 is 1.13. The third-order valence-electron chi connectivity index (χ3n) is 4.01. The van der Waals surface area contributed by atoms with Crippen molar-refractivity contribution in [2.45, 2.75) is 25.8 Å². The van der Waals surface area contributed by atoms with E-state index >= 15 is 0 Å². The van der Waals surface area contributed by atoms with Crippen molar-refractivity contribution in [3.8, 4) is 0 Å². The van der Waals surface area contributed by atoms with Crippen LogP contribution in [0.25, 0.3) is 0 Å². The molecule has 0 fully saturated rings. The summed E-state index contributed by atoms with van der Waals surface area (Å²) in [5.41, 5.74) is 1.50. The molecule has 1 unspecified atom stereocenters. The Labute approximate surface area is 165 Å². The maximum Gasteiger partial charge on any atom is 0.286 e. The molecule has 1 atom stereocenters. The summed E-state index contributed by atoms with van der Waals surface area (Å²) in [6.45, 7) is 1.93. The van der Waals surface area contributed by atoms with Gasteiger partial charge in [0.1, 0.15) is 10.8 Å². The van der Waals surface area contributed by atoms with Crippen LogP contribution in [0.2, 0.25) is 0 Å². The number of anilines is 1. The molecule has 144 valence electrons. The first-order valence-electron chi connectivity index (χ1n) is 8.75. The summed E-state index contributed by atoms with van der Waals surface area (Å²) in [7, 11) is 0. The summed E-state index contributed by atoms with van der Waals surface area (Å²) < 4.78 is 12.9. The fraction of sp³-hybridized carbons (Fsp3) is 0.200. The standard InChI is InChI=1S/C20H19FN4O2S/c1-13(14-5-3-2-4-6-14)22-17(26)11-12-18-24-25-20(28-18)19(27)23-16-9-7-15(21)8-10-16/h2-10,13H,11-12H2,1H3,(H,22,26)(H,23,27). The van der Waals surface area contributed by atoms with E-state index in [2.05, 4.69) is 20.8 Å². The van der Waals surface area contributed by atoms with Gasteiger partial charge in [0.05, 0.1) is 6.04 Å². The Balaban J connectivity index is 1.49. The quantitative estimate of drug-likeness (QED) is 0.635. The van der Waals surface area contributed by atoms with Gasteiger partial charge in [0.2, 0.25) is 10.9 Å². The average molecular weight is 398 g/mol. The number of hydrogen-bond donors (Lipinski definition) is 2. The fourth-order valence-electron chi connectivity index (χ4n) is 2.52. The normalized spacial score (nSPS) is 11.6. The molecule has 2 aromatic carbocycles. The highest BCUT2D eigenvalue weighted by Crippen LogP contribution is 2.16. The van der Waals surface area contributed by atoms with Crippen molar-refractivity contribution < 1.29 is 14.0 Å². The van der Waals surface area contributed by atoms with Gasteiger partial charge in [-0.15, -0.1) is 10.2 Å². The summed E-state index contributed by atoms with van der Waals surface area (Å²) in [6.07, 6.45) is 0.653. The molecule has 2 N–H and O–H groups in total. The molecule has 3 rings (SSSR count). The van der Waals surface area contributed by atoms with Crippen LogP contribution in [-0.2, 0) is 11.2 Å². The molecule has 1 heterocycles. The molecule has 2 amide bonds. The zero-order valence-electron chi connectivity index (χ0n) is 15.2. The van der Waals surface area contributed by atoms with Gasteiger partial charge < -0.3 is 10.6 Å². The topological polar surface area (TPSA) is 84.0 Å². The van der Waals surface area contributed by atoms with E-state index in [9.17, 15) is 14.0 Å². The third kappa shape index (κ3) is 5.43. The fourth-order valence-corrected chi connectivity index (χ4v) is 3.26. The van der Waals surface area contributed by atoms with Crippen molar-refractivity contribution in [3.05, 3.63) is 76.0 Å². The lowest BCUT2D eigenvalue weighted by atomic mass is 10.1. The predicted octanol–water partition coefficient (Wildman–Crippen LogP) is 3.74. The number of nitrogens with one attached hydrogen (secondary N) is 2. The van der Waals surface area contributed by atoms with Crippen molar-refractivity contribution in [3.63, 3.8) is 0 Å². The number of halogens is 1. The Bertz CT molecular complexity index is 944. The molecule has 6 nitrogen and oxygen atoms in total. The molecule has 8 heteroatoms. The highest BCUT2D eigenvalue weighted by atomic mass is 32.1. The molecule has 0 aliphatic heterocycles. The van der Waals surface area contributed by atoms with Gasteiger partial charge >= 0.3 is 0 Å². The minimum atomic E-state index is -0.419. The van der Waals surface area contributed by atoms with Gasteiger partial charge in [0, 0.05) is 18.5 Å². The number of carbonyl (C=O) groups is 2. The lowest BCUT2D eigenvalue weighted by Gasteiger charge is -2.13. The van der Waals surface area contributed by atoms with Crippen LogP contribution in [0.1, 0.15) is 39.8 Å².